The zero-order valence-corrected chi connectivity index (χ0v) is 10.3. The Hall–Kier alpha value is -1.57. The van der Waals surface area contributed by atoms with Crippen molar-refractivity contribution in [2.45, 2.75) is 6.54 Å². The molecule has 2 aromatic rings. The molecule has 0 saturated heterocycles. The van der Waals surface area contributed by atoms with E-state index in [0.717, 1.165) is 4.88 Å². The summed E-state index contributed by atoms with van der Waals surface area (Å²) in [5, 5.41) is 12.1. The molecule has 2 nitrogen and oxygen atoms in total. The molecule has 86 valence electrons. The minimum absolute atomic E-state index is 0.341. The number of hydrogen-bond donors (Lipinski definition) is 1. The average molecular weight is 267 g/mol. The molecule has 17 heavy (non-hydrogen) atoms. The first-order valence-electron chi connectivity index (χ1n) is 4.87. The van der Waals surface area contributed by atoms with Gasteiger partial charge >= 0.3 is 0 Å². The maximum Gasteiger partial charge on any atom is 0.146 e. The van der Waals surface area contributed by atoms with E-state index in [9.17, 15) is 4.39 Å². The lowest BCUT2D eigenvalue weighted by Crippen LogP contribution is -1.99. The summed E-state index contributed by atoms with van der Waals surface area (Å²) < 4.78 is 13.4. The number of halogens is 2. The highest BCUT2D eigenvalue weighted by Gasteiger charge is 2.04. The molecule has 0 aliphatic rings. The van der Waals surface area contributed by atoms with Gasteiger partial charge in [0.05, 0.1) is 5.69 Å². The van der Waals surface area contributed by atoms with Crippen molar-refractivity contribution in [3.05, 3.63) is 50.9 Å². The molecule has 0 radical (unpaired) electrons. The normalized spacial score (nSPS) is 9.94. The van der Waals surface area contributed by atoms with Crippen molar-refractivity contribution >= 4 is 28.6 Å². The summed E-state index contributed by atoms with van der Waals surface area (Å²) in [5.41, 5.74) is 0.365. The highest BCUT2D eigenvalue weighted by Crippen LogP contribution is 2.22. The molecule has 5 heteroatoms. The van der Waals surface area contributed by atoms with E-state index in [-0.39, 0.29) is 5.82 Å². The smallest absolute Gasteiger partial charge is 0.146 e. The van der Waals surface area contributed by atoms with Crippen LogP contribution in [0.2, 0.25) is 5.02 Å². The molecule has 0 amide bonds. The molecule has 1 aromatic carbocycles. The summed E-state index contributed by atoms with van der Waals surface area (Å²) >= 11 is 7.16. The Bertz CT molecular complexity index is 574. The fourth-order valence-electron chi connectivity index (χ4n) is 1.35. The number of thiophene rings is 1. The van der Waals surface area contributed by atoms with Crippen LogP contribution in [0.4, 0.5) is 10.1 Å². The van der Waals surface area contributed by atoms with Crippen LogP contribution in [0.15, 0.2) is 30.3 Å². The number of hydrogen-bond acceptors (Lipinski definition) is 3. The fraction of sp³-hybridized carbons (Fsp3) is 0.0833. The van der Waals surface area contributed by atoms with Crippen molar-refractivity contribution in [1.29, 1.82) is 5.26 Å². The number of nitrogens with zero attached hydrogens (tertiary/aromatic N) is 1. The van der Waals surface area contributed by atoms with Crippen molar-refractivity contribution in [3.8, 4) is 6.07 Å². The van der Waals surface area contributed by atoms with Gasteiger partial charge in [0.25, 0.3) is 0 Å². The van der Waals surface area contributed by atoms with Crippen LogP contribution in [0.3, 0.4) is 0 Å². The highest BCUT2D eigenvalue weighted by atomic mass is 35.5. The molecule has 1 N–H and O–H groups in total. The SMILES string of the molecule is N#Cc1ccc(CNc2cc(Cl)ccc2F)s1. The number of rotatable bonds is 3. The van der Waals surface area contributed by atoms with E-state index >= 15 is 0 Å². The highest BCUT2D eigenvalue weighted by molar-refractivity contribution is 7.12. The molecule has 0 aliphatic carbocycles. The molecule has 1 aromatic heterocycles. The minimum atomic E-state index is -0.341. The third-order valence-corrected chi connectivity index (χ3v) is 3.38. The largest absolute Gasteiger partial charge is 0.378 e. The summed E-state index contributed by atoms with van der Waals surface area (Å²) in [6.07, 6.45) is 0. The van der Waals surface area contributed by atoms with E-state index < -0.39 is 0 Å². The Labute approximate surface area is 107 Å². The molecule has 0 bridgehead atoms. The summed E-state index contributed by atoms with van der Waals surface area (Å²) in [5.74, 6) is -0.341. The second-order valence-corrected chi connectivity index (χ2v) is 4.96. The Morgan fingerprint density at radius 1 is 1.35 bits per heavy atom. The standard InChI is InChI=1S/C12H8ClFN2S/c13-8-1-4-11(14)12(5-8)16-7-10-3-2-9(6-15)17-10/h1-5,16H,7H2. The van der Waals surface area contributed by atoms with E-state index in [1.165, 1.54) is 29.5 Å². The van der Waals surface area contributed by atoms with Gasteiger partial charge in [-0.3, -0.25) is 0 Å². The van der Waals surface area contributed by atoms with Crippen LogP contribution in [0.1, 0.15) is 9.75 Å². The number of nitriles is 1. The van der Waals surface area contributed by atoms with Crippen molar-refractivity contribution in [2.75, 3.05) is 5.32 Å². The third-order valence-electron chi connectivity index (χ3n) is 2.15. The van der Waals surface area contributed by atoms with Gasteiger partial charge < -0.3 is 5.32 Å². The van der Waals surface area contributed by atoms with E-state index in [2.05, 4.69) is 11.4 Å². The van der Waals surface area contributed by atoms with E-state index in [4.69, 9.17) is 16.9 Å². The van der Waals surface area contributed by atoms with Crippen molar-refractivity contribution in [1.82, 2.24) is 0 Å². The van der Waals surface area contributed by atoms with E-state index in [0.29, 0.717) is 22.1 Å². The van der Waals surface area contributed by atoms with Crippen molar-refractivity contribution in [2.24, 2.45) is 0 Å². The quantitative estimate of drug-likeness (QED) is 0.911. The monoisotopic (exact) mass is 266 g/mol. The van der Waals surface area contributed by atoms with Gasteiger partial charge in [0.1, 0.15) is 16.8 Å². The second kappa shape index (κ2) is 5.17. The molecule has 0 atom stereocenters. The topological polar surface area (TPSA) is 35.8 Å². The lowest BCUT2D eigenvalue weighted by atomic mass is 10.3. The molecular weight excluding hydrogens is 259 g/mol. The zero-order chi connectivity index (χ0) is 12.3. The zero-order valence-electron chi connectivity index (χ0n) is 8.71. The predicted octanol–water partition coefficient (Wildman–Crippen LogP) is 4.02. The van der Waals surface area contributed by atoms with Gasteiger partial charge in [0.15, 0.2) is 0 Å². The lowest BCUT2D eigenvalue weighted by Gasteiger charge is -2.06. The van der Waals surface area contributed by atoms with Gasteiger partial charge in [-0.15, -0.1) is 11.3 Å². The van der Waals surface area contributed by atoms with Crippen LogP contribution in [-0.4, -0.2) is 0 Å². The fourth-order valence-corrected chi connectivity index (χ4v) is 2.27. The number of anilines is 1. The van der Waals surface area contributed by atoms with Crippen LogP contribution in [-0.2, 0) is 6.54 Å². The third kappa shape index (κ3) is 2.96. The van der Waals surface area contributed by atoms with Crippen LogP contribution in [0, 0.1) is 17.1 Å². The maximum atomic E-state index is 13.4. The lowest BCUT2D eigenvalue weighted by molar-refractivity contribution is 0.630. The van der Waals surface area contributed by atoms with Gasteiger partial charge in [0.2, 0.25) is 0 Å². The Morgan fingerprint density at radius 2 is 2.18 bits per heavy atom. The first-order chi connectivity index (χ1) is 8.19. The van der Waals surface area contributed by atoms with Gasteiger partial charge in [-0.1, -0.05) is 11.6 Å². The summed E-state index contributed by atoms with van der Waals surface area (Å²) in [7, 11) is 0. The maximum absolute atomic E-state index is 13.4. The molecule has 0 saturated carbocycles. The predicted molar refractivity (Wildman–Crippen MR) is 67.8 cm³/mol. The van der Waals surface area contributed by atoms with Crippen LogP contribution < -0.4 is 5.32 Å². The summed E-state index contributed by atoms with van der Waals surface area (Å²) in [6, 6.07) is 10.0. The second-order valence-electron chi connectivity index (χ2n) is 3.36. The first kappa shape index (κ1) is 11.9. The number of benzene rings is 1. The molecule has 2 rings (SSSR count). The molecular formula is C12H8ClFN2S. The van der Waals surface area contributed by atoms with E-state index in [1.54, 1.807) is 6.07 Å². The Kier molecular flexibility index (Phi) is 3.62. The van der Waals surface area contributed by atoms with Crippen molar-refractivity contribution < 1.29 is 4.39 Å². The van der Waals surface area contributed by atoms with Gasteiger partial charge in [-0.2, -0.15) is 5.26 Å². The van der Waals surface area contributed by atoms with Gasteiger partial charge in [-0.25, -0.2) is 4.39 Å². The minimum Gasteiger partial charge on any atom is -0.378 e. The van der Waals surface area contributed by atoms with Crippen LogP contribution in [0.25, 0.3) is 0 Å². The van der Waals surface area contributed by atoms with Gasteiger partial charge in [0, 0.05) is 16.4 Å². The summed E-state index contributed by atoms with van der Waals surface area (Å²) in [6.45, 7) is 0.476. The van der Waals surface area contributed by atoms with Crippen LogP contribution >= 0.6 is 22.9 Å². The number of nitrogens with one attached hydrogen (secondary N) is 1. The van der Waals surface area contributed by atoms with Gasteiger partial charge in [-0.05, 0) is 30.3 Å². The molecule has 1 heterocycles. The Balaban J connectivity index is 2.07. The average Bonchev–Trinajstić information content (AvgIpc) is 2.78. The molecule has 0 spiro atoms. The Morgan fingerprint density at radius 3 is 2.88 bits per heavy atom. The van der Waals surface area contributed by atoms with Crippen LogP contribution in [0.5, 0.6) is 0 Å². The molecule has 0 aliphatic heterocycles. The van der Waals surface area contributed by atoms with Crippen molar-refractivity contribution in [3.63, 3.8) is 0 Å². The molecule has 0 fully saturated rings. The summed E-state index contributed by atoms with van der Waals surface area (Å²) in [4.78, 5) is 1.62. The van der Waals surface area contributed by atoms with E-state index in [1.807, 2.05) is 6.07 Å². The molecule has 0 unspecified atom stereocenters. The first-order valence-corrected chi connectivity index (χ1v) is 6.06.